The summed E-state index contributed by atoms with van der Waals surface area (Å²) in [6.07, 6.45) is 5.80. The number of hydrogen-bond acceptors (Lipinski definition) is 5. The molecule has 21 heavy (non-hydrogen) atoms. The Hall–Kier alpha value is -1.69. The van der Waals surface area contributed by atoms with Crippen molar-refractivity contribution in [1.29, 1.82) is 0 Å². The van der Waals surface area contributed by atoms with Gasteiger partial charge in [0.05, 0.1) is 6.26 Å². The van der Waals surface area contributed by atoms with E-state index in [1.807, 2.05) is 17.0 Å². The van der Waals surface area contributed by atoms with Crippen LogP contribution in [0.5, 0.6) is 0 Å². The van der Waals surface area contributed by atoms with Crippen molar-refractivity contribution in [3.8, 4) is 10.8 Å². The lowest BCUT2D eigenvalue weighted by molar-refractivity contribution is -0.133. The van der Waals surface area contributed by atoms with E-state index in [0.29, 0.717) is 17.7 Å². The number of hydrogen-bond donors (Lipinski definition) is 0. The lowest BCUT2D eigenvalue weighted by atomic mass is 9.97. The van der Waals surface area contributed by atoms with E-state index >= 15 is 0 Å². The SMILES string of the molecule is O=C(C1CC1)N1CCC(c2nnc(-c3ccco3)s2)CC1. The largest absolute Gasteiger partial charge is 0.462 e. The van der Waals surface area contributed by atoms with Crippen LogP contribution in [0.15, 0.2) is 22.8 Å². The van der Waals surface area contributed by atoms with Crippen LogP contribution in [0, 0.1) is 5.92 Å². The molecule has 0 aromatic carbocycles. The van der Waals surface area contributed by atoms with Crippen LogP contribution >= 0.6 is 11.3 Å². The first kappa shape index (κ1) is 13.0. The van der Waals surface area contributed by atoms with Gasteiger partial charge in [0.25, 0.3) is 0 Å². The van der Waals surface area contributed by atoms with Crippen molar-refractivity contribution in [1.82, 2.24) is 15.1 Å². The highest BCUT2D eigenvalue weighted by Crippen LogP contribution is 2.36. The molecule has 1 aliphatic heterocycles. The molecule has 0 bridgehead atoms. The van der Waals surface area contributed by atoms with E-state index in [0.717, 1.165) is 54.5 Å². The Kier molecular flexibility index (Phi) is 3.25. The summed E-state index contributed by atoms with van der Waals surface area (Å²) in [6, 6.07) is 3.76. The molecule has 4 rings (SSSR count). The Morgan fingerprint density at radius 1 is 1.24 bits per heavy atom. The molecule has 110 valence electrons. The Balaban J connectivity index is 1.41. The van der Waals surface area contributed by atoms with Crippen LogP contribution in [0.1, 0.15) is 36.6 Å². The summed E-state index contributed by atoms with van der Waals surface area (Å²) in [5.74, 6) is 1.89. The van der Waals surface area contributed by atoms with Gasteiger partial charge in [-0.3, -0.25) is 4.79 Å². The fraction of sp³-hybridized carbons (Fsp3) is 0.533. The summed E-state index contributed by atoms with van der Waals surface area (Å²) in [6.45, 7) is 1.71. The van der Waals surface area contributed by atoms with E-state index in [1.54, 1.807) is 17.6 Å². The Labute approximate surface area is 127 Å². The van der Waals surface area contributed by atoms with Crippen LogP contribution < -0.4 is 0 Å². The summed E-state index contributed by atoms with van der Waals surface area (Å²) in [4.78, 5) is 14.1. The van der Waals surface area contributed by atoms with Gasteiger partial charge < -0.3 is 9.32 Å². The molecule has 1 saturated heterocycles. The van der Waals surface area contributed by atoms with E-state index < -0.39 is 0 Å². The summed E-state index contributed by atoms with van der Waals surface area (Å²) < 4.78 is 5.36. The van der Waals surface area contributed by atoms with E-state index in [-0.39, 0.29) is 0 Å². The molecule has 2 fully saturated rings. The smallest absolute Gasteiger partial charge is 0.225 e. The number of likely N-dealkylation sites (tertiary alicyclic amines) is 1. The molecule has 5 nitrogen and oxygen atoms in total. The first-order valence-corrected chi connectivity index (χ1v) is 8.29. The minimum Gasteiger partial charge on any atom is -0.462 e. The average molecular weight is 303 g/mol. The van der Waals surface area contributed by atoms with Gasteiger partial charge >= 0.3 is 0 Å². The predicted molar refractivity (Wildman–Crippen MR) is 78.9 cm³/mol. The lowest BCUT2D eigenvalue weighted by Gasteiger charge is -2.31. The third kappa shape index (κ3) is 2.60. The van der Waals surface area contributed by atoms with Crippen molar-refractivity contribution in [2.24, 2.45) is 5.92 Å². The van der Waals surface area contributed by atoms with E-state index in [2.05, 4.69) is 10.2 Å². The molecule has 3 heterocycles. The van der Waals surface area contributed by atoms with Crippen molar-refractivity contribution in [2.45, 2.75) is 31.6 Å². The first-order valence-electron chi connectivity index (χ1n) is 7.47. The summed E-state index contributed by atoms with van der Waals surface area (Å²) in [7, 11) is 0. The topological polar surface area (TPSA) is 59.2 Å². The predicted octanol–water partition coefficient (Wildman–Crippen LogP) is 2.91. The molecule has 0 spiro atoms. The molecule has 2 aromatic heterocycles. The number of amides is 1. The van der Waals surface area contributed by atoms with Gasteiger partial charge in [-0.05, 0) is 37.8 Å². The number of furan rings is 1. The van der Waals surface area contributed by atoms with E-state index in [9.17, 15) is 4.79 Å². The number of rotatable bonds is 3. The molecule has 0 N–H and O–H groups in total. The first-order chi connectivity index (χ1) is 10.3. The molecule has 1 aliphatic carbocycles. The van der Waals surface area contributed by atoms with Gasteiger partial charge in [-0.1, -0.05) is 11.3 Å². The maximum atomic E-state index is 12.1. The van der Waals surface area contributed by atoms with Gasteiger partial charge in [0, 0.05) is 24.9 Å². The van der Waals surface area contributed by atoms with Gasteiger partial charge in [0.2, 0.25) is 5.91 Å². The van der Waals surface area contributed by atoms with Crippen LogP contribution in [-0.2, 0) is 4.79 Å². The van der Waals surface area contributed by atoms with Crippen LogP contribution in [0.25, 0.3) is 10.8 Å². The molecule has 0 radical (unpaired) electrons. The van der Waals surface area contributed by atoms with Crippen molar-refractivity contribution in [3.05, 3.63) is 23.4 Å². The third-order valence-corrected chi connectivity index (χ3v) is 5.36. The van der Waals surface area contributed by atoms with Crippen LogP contribution in [-0.4, -0.2) is 34.1 Å². The Morgan fingerprint density at radius 2 is 2.05 bits per heavy atom. The standard InChI is InChI=1S/C15H17N3O2S/c19-15(11-3-4-11)18-7-5-10(6-8-18)13-16-17-14(21-13)12-2-1-9-20-12/h1-2,9-11H,3-8H2. The van der Waals surface area contributed by atoms with Gasteiger partial charge in [-0.2, -0.15) is 0 Å². The molecule has 2 aliphatic rings. The maximum Gasteiger partial charge on any atom is 0.225 e. The van der Waals surface area contributed by atoms with Gasteiger partial charge in [0.1, 0.15) is 5.01 Å². The van der Waals surface area contributed by atoms with Crippen LogP contribution in [0.2, 0.25) is 0 Å². The summed E-state index contributed by atoms with van der Waals surface area (Å²) >= 11 is 1.61. The Morgan fingerprint density at radius 3 is 2.71 bits per heavy atom. The highest BCUT2D eigenvalue weighted by Gasteiger charge is 2.35. The normalized spacial score (nSPS) is 19.9. The minimum atomic E-state index is 0.327. The molecule has 2 aromatic rings. The highest BCUT2D eigenvalue weighted by atomic mass is 32.1. The van der Waals surface area contributed by atoms with E-state index in [1.165, 1.54) is 0 Å². The maximum absolute atomic E-state index is 12.1. The third-order valence-electron chi connectivity index (χ3n) is 4.26. The fourth-order valence-electron chi connectivity index (χ4n) is 2.83. The zero-order chi connectivity index (χ0) is 14.2. The molecule has 1 saturated carbocycles. The van der Waals surface area contributed by atoms with Gasteiger partial charge in [-0.15, -0.1) is 10.2 Å². The van der Waals surface area contributed by atoms with Crippen molar-refractivity contribution < 1.29 is 9.21 Å². The number of nitrogens with zero attached hydrogens (tertiary/aromatic N) is 3. The second-order valence-corrected chi connectivity index (χ2v) is 6.81. The summed E-state index contributed by atoms with van der Waals surface area (Å²) in [5.41, 5.74) is 0. The van der Waals surface area contributed by atoms with Gasteiger partial charge in [0.15, 0.2) is 10.8 Å². The second kappa shape index (κ2) is 5.26. The highest BCUT2D eigenvalue weighted by molar-refractivity contribution is 7.14. The molecule has 6 heteroatoms. The minimum absolute atomic E-state index is 0.327. The average Bonchev–Trinajstić information content (AvgIpc) is 3.03. The zero-order valence-corrected chi connectivity index (χ0v) is 12.5. The fourth-order valence-corrected chi connectivity index (χ4v) is 3.82. The number of carbonyl (C=O) groups excluding carboxylic acids is 1. The number of carbonyl (C=O) groups is 1. The van der Waals surface area contributed by atoms with Gasteiger partial charge in [-0.25, -0.2) is 0 Å². The van der Waals surface area contributed by atoms with Crippen LogP contribution in [0.3, 0.4) is 0 Å². The zero-order valence-electron chi connectivity index (χ0n) is 11.7. The van der Waals surface area contributed by atoms with Crippen molar-refractivity contribution in [3.63, 3.8) is 0 Å². The second-order valence-electron chi connectivity index (χ2n) is 5.80. The lowest BCUT2D eigenvalue weighted by Crippen LogP contribution is -2.38. The molecule has 1 amide bonds. The van der Waals surface area contributed by atoms with Crippen molar-refractivity contribution in [2.75, 3.05) is 13.1 Å². The molecule has 0 unspecified atom stereocenters. The molecular formula is C15H17N3O2S. The number of piperidine rings is 1. The Bertz CT molecular complexity index is 625. The quantitative estimate of drug-likeness (QED) is 0.874. The monoisotopic (exact) mass is 303 g/mol. The summed E-state index contributed by atoms with van der Waals surface area (Å²) in [5, 5.41) is 10.4. The van der Waals surface area contributed by atoms with Crippen LogP contribution in [0.4, 0.5) is 0 Å². The number of aromatic nitrogens is 2. The van der Waals surface area contributed by atoms with Crippen molar-refractivity contribution >= 4 is 17.2 Å². The molecule has 0 atom stereocenters. The van der Waals surface area contributed by atoms with E-state index in [4.69, 9.17) is 4.42 Å². The molecular weight excluding hydrogens is 286 g/mol.